The SMILES string of the molecule is CC/C(=C(\c1cc[c-]cc1)c1ccc(OCCN(C)C)cc1)c1ccccc1.[Na+]. The number of likely N-dealkylation sites (N-methyl/N-ethyl adjacent to an activating group) is 1. The van der Waals surface area contributed by atoms with E-state index in [0.29, 0.717) is 6.61 Å². The van der Waals surface area contributed by atoms with Crippen LogP contribution in [-0.4, -0.2) is 32.1 Å². The molecule has 0 aliphatic heterocycles. The maximum Gasteiger partial charge on any atom is 1.00 e. The largest absolute Gasteiger partial charge is 1.00 e. The fourth-order valence-electron chi connectivity index (χ4n) is 3.30. The summed E-state index contributed by atoms with van der Waals surface area (Å²) in [5, 5.41) is 0. The van der Waals surface area contributed by atoms with Gasteiger partial charge >= 0.3 is 29.6 Å². The maximum absolute atomic E-state index is 5.87. The number of allylic oxidation sites excluding steroid dienone is 1. The molecule has 3 heteroatoms. The Morgan fingerprint density at radius 1 is 0.828 bits per heavy atom. The van der Waals surface area contributed by atoms with E-state index in [2.05, 4.69) is 98.7 Å². The summed E-state index contributed by atoms with van der Waals surface area (Å²) < 4.78 is 5.87. The van der Waals surface area contributed by atoms with E-state index in [1.165, 1.54) is 27.8 Å². The van der Waals surface area contributed by atoms with Gasteiger partial charge in [-0.1, -0.05) is 49.4 Å². The number of ether oxygens (including phenoxy) is 1. The fourth-order valence-corrected chi connectivity index (χ4v) is 3.30. The van der Waals surface area contributed by atoms with Crippen LogP contribution in [0.5, 0.6) is 5.75 Å². The van der Waals surface area contributed by atoms with Gasteiger partial charge in [0.05, 0.1) is 0 Å². The zero-order chi connectivity index (χ0) is 19.8. The first-order chi connectivity index (χ1) is 13.7. The fraction of sp³-hybridized carbons (Fsp3) is 0.231. The van der Waals surface area contributed by atoms with Gasteiger partial charge in [-0.3, -0.25) is 0 Å². The first-order valence-corrected chi connectivity index (χ1v) is 9.82. The molecule has 0 aromatic heterocycles. The van der Waals surface area contributed by atoms with Gasteiger partial charge < -0.3 is 9.64 Å². The van der Waals surface area contributed by atoms with Gasteiger partial charge in [-0.25, -0.2) is 0 Å². The molecule has 29 heavy (non-hydrogen) atoms. The molecule has 0 aliphatic carbocycles. The van der Waals surface area contributed by atoms with Crippen LogP contribution < -0.4 is 34.3 Å². The smallest absolute Gasteiger partial charge is 0.492 e. The number of rotatable bonds is 8. The summed E-state index contributed by atoms with van der Waals surface area (Å²) in [7, 11) is 4.10. The second-order valence-corrected chi connectivity index (χ2v) is 7.04. The van der Waals surface area contributed by atoms with Gasteiger partial charge in [0, 0.05) is 6.54 Å². The topological polar surface area (TPSA) is 12.5 Å². The molecule has 0 saturated carbocycles. The Labute approximate surface area is 197 Å². The minimum Gasteiger partial charge on any atom is -0.492 e. The molecule has 0 spiro atoms. The Balaban J connectivity index is 0.00000300. The summed E-state index contributed by atoms with van der Waals surface area (Å²) in [6.45, 7) is 3.81. The van der Waals surface area contributed by atoms with Crippen LogP contribution in [0.4, 0.5) is 0 Å². The van der Waals surface area contributed by atoms with E-state index in [1.54, 1.807) is 0 Å². The van der Waals surface area contributed by atoms with Gasteiger partial charge in [0.15, 0.2) is 0 Å². The molecule has 0 saturated heterocycles. The maximum atomic E-state index is 5.87. The molecule has 3 aromatic carbocycles. The summed E-state index contributed by atoms with van der Waals surface area (Å²) in [5.74, 6) is 0.907. The number of hydrogen-bond donors (Lipinski definition) is 0. The summed E-state index contributed by atoms with van der Waals surface area (Å²) in [6.07, 6.45) is 0.957. The third-order valence-electron chi connectivity index (χ3n) is 4.73. The predicted molar refractivity (Wildman–Crippen MR) is 118 cm³/mol. The van der Waals surface area contributed by atoms with Crippen molar-refractivity contribution in [2.24, 2.45) is 0 Å². The van der Waals surface area contributed by atoms with Gasteiger partial charge in [0.1, 0.15) is 12.4 Å². The molecule has 0 fully saturated rings. The molecular weight excluding hydrogens is 365 g/mol. The molecular formula is C26H28NNaO. The molecule has 0 amide bonds. The standard InChI is InChI=1S/C26H28NO.Na/c1-4-25(21-11-7-5-8-12-21)26(22-13-9-6-10-14-22)23-15-17-24(18-16-23)28-20-19-27(2)3;/h5,7-18H,4,19-20H2,1-3H3;/q-1;+1/b26-25-;. The Kier molecular flexibility index (Phi) is 9.69. The average Bonchev–Trinajstić information content (AvgIpc) is 2.73. The van der Waals surface area contributed by atoms with Crippen molar-refractivity contribution < 1.29 is 34.3 Å². The van der Waals surface area contributed by atoms with E-state index in [4.69, 9.17) is 4.74 Å². The molecule has 0 aliphatic rings. The van der Waals surface area contributed by atoms with Gasteiger partial charge in [0.25, 0.3) is 0 Å². The molecule has 144 valence electrons. The molecule has 3 rings (SSSR count). The van der Waals surface area contributed by atoms with Crippen molar-refractivity contribution in [3.8, 4) is 5.75 Å². The van der Waals surface area contributed by atoms with Crippen LogP contribution in [0.2, 0.25) is 0 Å². The van der Waals surface area contributed by atoms with Gasteiger partial charge in [-0.15, -0.1) is 5.56 Å². The van der Waals surface area contributed by atoms with Crippen molar-refractivity contribution in [1.82, 2.24) is 4.90 Å². The minimum absolute atomic E-state index is 0. The van der Waals surface area contributed by atoms with E-state index in [9.17, 15) is 0 Å². The average molecular weight is 394 g/mol. The third kappa shape index (κ3) is 6.58. The molecule has 0 radical (unpaired) electrons. The number of nitrogens with zero attached hydrogens (tertiary/aromatic N) is 1. The quantitative estimate of drug-likeness (QED) is 0.332. The Bertz CT molecular complexity index is 887. The zero-order valence-electron chi connectivity index (χ0n) is 18.0. The summed E-state index contributed by atoms with van der Waals surface area (Å²) in [5.41, 5.74) is 6.28. The first kappa shape index (κ1) is 23.4. The van der Waals surface area contributed by atoms with Crippen LogP contribution in [0, 0.1) is 6.07 Å². The predicted octanol–water partition coefficient (Wildman–Crippen LogP) is 2.80. The van der Waals surface area contributed by atoms with Crippen molar-refractivity contribution in [1.29, 1.82) is 0 Å². The van der Waals surface area contributed by atoms with Gasteiger partial charge in [0.2, 0.25) is 0 Å². The first-order valence-electron chi connectivity index (χ1n) is 9.82. The minimum atomic E-state index is 0. The second kappa shape index (κ2) is 12.0. The van der Waals surface area contributed by atoms with E-state index in [-0.39, 0.29) is 29.6 Å². The van der Waals surface area contributed by atoms with Crippen LogP contribution in [0.3, 0.4) is 0 Å². The molecule has 3 aromatic rings. The molecule has 2 nitrogen and oxygen atoms in total. The summed E-state index contributed by atoms with van der Waals surface area (Å²) >= 11 is 0. The van der Waals surface area contributed by atoms with Crippen LogP contribution in [0.25, 0.3) is 11.1 Å². The van der Waals surface area contributed by atoms with Crippen LogP contribution >= 0.6 is 0 Å². The second-order valence-electron chi connectivity index (χ2n) is 7.04. The molecule has 0 N–H and O–H groups in total. The van der Waals surface area contributed by atoms with Gasteiger partial charge in [-0.2, -0.15) is 30.3 Å². The van der Waals surface area contributed by atoms with Crippen LogP contribution in [-0.2, 0) is 0 Å². The van der Waals surface area contributed by atoms with Crippen molar-refractivity contribution in [3.63, 3.8) is 0 Å². The monoisotopic (exact) mass is 393 g/mol. The molecule has 0 heterocycles. The van der Waals surface area contributed by atoms with E-state index in [0.717, 1.165) is 18.7 Å². The van der Waals surface area contributed by atoms with Crippen molar-refractivity contribution >= 4 is 11.1 Å². The Morgan fingerprint density at radius 2 is 1.45 bits per heavy atom. The number of benzene rings is 3. The summed E-state index contributed by atoms with van der Waals surface area (Å²) in [6, 6.07) is 30.5. The van der Waals surface area contributed by atoms with E-state index in [1.807, 2.05) is 12.1 Å². The zero-order valence-corrected chi connectivity index (χ0v) is 20.0. The molecule has 0 bridgehead atoms. The van der Waals surface area contributed by atoms with Crippen LogP contribution in [0.15, 0.2) is 78.9 Å². The van der Waals surface area contributed by atoms with E-state index >= 15 is 0 Å². The van der Waals surface area contributed by atoms with E-state index < -0.39 is 0 Å². The van der Waals surface area contributed by atoms with Crippen molar-refractivity contribution in [3.05, 3.63) is 102 Å². The Morgan fingerprint density at radius 3 is 2.03 bits per heavy atom. The van der Waals surface area contributed by atoms with Crippen molar-refractivity contribution in [2.75, 3.05) is 27.2 Å². The molecule has 0 atom stereocenters. The third-order valence-corrected chi connectivity index (χ3v) is 4.73. The summed E-state index contributed by atoms with van der Waals surface area (Å²) in [4.78, 5) is 2.12. The Hall–Kier alpha value is -1.84. The molecule has 0 unspecified atom stereocenters. The normalized spacial score (nSPS) is 11.6. The number of hydrogen-bond acceptors (Lipinski definition) is 2. The van der Waals surface area contributed by atoms with Crippen LogP contribution in [0.1, 0.15) is 30.0 Å². The van der Waals surface area contributed by atoms with Gasteiger partial charge in [-0.05, 0) is 54.9 Å². The van der Waals surface area contributed by atoms with Crippen molar-refractivity contribution in [2.45, 2.75) is 13.3 Å².